The first kappa shape index (κ1) is 22.7. The molecule has 0 heterocycles. The second-order valence-corrected chi connectivity index (χ2v) is 7.34. The number of anilines is 1. The van der Waals surface area contributed by atoms with Crippen LogP contribution in [-0.4, -0.2) is 18.5 Å². The Kier molecular flexibility index (Phi) is 9.98. The standard InChI is InChI=1S/C25H33NO3/c1-3-5-6-7-8-9-12-20-13-10-11-14-23(20)24(27)26-22-17-15-21(16-18-22)25(28)29-19-4-2/h10-11,13-18H,3-9,12,19H2,1-2H3,(H,26,27). The molecule has 1 N–H and O–H groups in total. The highest BCUT2D eigenvalue weighted by molar-refractivity contribution is 6.05. The number of hydrogen-bond donors (Lipinski definition) is 1. The Morgan fingerprint density at radius 2 is 1.52 bits per heavy atom. The summed E-state index contributed by atoms with van der Waals surface area (Å²) in [5, 5.41) is 2.94. The number of carbonyl (C=O) groups excluding carboxylic acids is 2. The summed E-state index contributed by atoms with van der Waals surface area (Å²) < 4.78 is 5.13. The van der Waals surface area contributed by atoms with E-state index in [1.54, 1.807) is 24.3 Å². The first-order valence-corrected chi connectivity index (χ1v) is 10.8. The molecule has 4 nitrogen and oxygen atoms in total. The van der Waals surface area contributed by atoms with Crippen molar-refractivity contribution in [3.8, 4) is 0 Å². The van der Waals surface area contributed by atoms with Gasteiger partial charge in [-0.1, -0.05) is 64.2 Å². The Balaban J connectivity index is 1.92. The maximum atomic E-state index is 12.8. The zero-order valence-corrected chi connectivity index (χ0v) is 17.7. The summed E-state index contributed by atoms with van der Waals surface area (Å²) in [5.74, 6) is -0.457. The molecule has 29 heavy (non-hydrogen) atoms. The Morgan fingerprint density at radius 1 is 0.828 bits per heavy atom. The van der Waals surface area contributed by atoms with Gasteiger partial charge in [-0.15, -0.1) is 0 Å². The highest BCUT2D eigenvalue weighted by atomic mass is 16.5. The van der Waals surface area contributed by atoms with Gasteiger partial charge < -0.3 is 10.1 Å². The summed E-state index contributed by atoms with van der Waals surface area (Å²) in [6.45, 7) is 4.59. The van der Waals surface area contributed by atoms with Crippen molar-refractivity contribution >= 4 is 17.6 Å². The second kappa shape index (κ2) is 12.8. The van der Waals surface area contributed by atoms with E-state index in [4.69, 9.17) is 4.74 Å². The molecule has 0 saturated heterocycles. The van der Waals surface area contributed by atoms with Gasteiger partial charge >= 0.3 is 5.97 Å². The summed E-state index contributed by atoms with van der Waals surface area (Å²) in [6.07, 6.45) is 9.11. The van der Waals surface area contributed by atoms with Gasteiger partial charge in [0.05, 0.1) is 12.2 Å². The number of aryl methyl sites for hydroxylation is 1. The fourth-order valence-corrected chi connectivity index (χ4v) is 3.22. The topological polar surface area (TPSA) is 55.4 Å². The lowest BCUT2D eigenvalue weighted by atomic mass is 10.00. The lowest BCUT2D eigenvalue weighted by Gasteiger charge is -2.11. The molecule has 0 radical (unpaired) electrons. The van der Waals surface area contributed by atoms with E-state index in [9.17, 15) is 9.59 Å². The van der Waals surface area contributed by atoms with E-state index < -0.39 is 0 Å². The minimum absolute atomic E-state index is 0.118. The fourth-order valence-electron chi connectivity index (χ4n) is 3.22. The highest BCUT2D eigenvalue weighted by Crippen LogP contribution is 2.17. The van der Waals surface area contributed by atoms with Crippen LogP contribution in [-0.2, 0) is 11.2 Å². The van der Waals surface area contributed by atoms with Crippen molar-refractivity contribution in [2.45, 2.75) is 65.2 Å². The average Bonchev–Trinajstić information content (AvgIpc) is 2.75. The number of ether oxygens (including phenoxy) is 1. The Hall–Kier alpha value is -2.62. The smallest absolute Gasteiger partial charge is 0.338 e. The Bertz CT molecular complexity index is 768. The summed E-state index contributed by atoms with van der Waals surface area (Å²) in [6, 6.07) is 14.6. The van der Waals surface area contributed by atoms with Gasteiger partial charge in [-0.3, -0.25) is 4.79 Å². The molecule has 2 aromatic carbocycles. The summed E-state index contributed by atoms with van der Waals surface area (Å²) in [7, 11) is 0. The number of nitrogens with one attached hydrogen (secondary N) is 1. The molecule has 0 unspecified atom stereocenters. The number of benzene rings is 2. The number of unbranched alkanes of at least 4 members (excludes halogenated alkanes) is 5. The molecule has 0 aromatic heterocycles. The van der Waals surface area contributed by atoms with Crippen molar-refractivity contribution < 1.29 is 14.3 Å². The van der Waals surface area contributed by atoms with Gasteiger partial charge in [-0.05, 0) is 55.2 Å². The van der Waals surface area contributed by atoms with Crippen LogP contribution in [0.4, 0.5) is 5.69 Å². The van der Waals surface area contributed by atoms with Crippen molar-refractivity contribution in [1.82, 2.24) is 0 Å². The summed E-state index contributed by atoms with van der Waals surface area (Å²) >= 11 is 0. The van der Waals surface area contributed by atoms with E-state index in [-0.39, 0.29) is 11.9 Å². The van der Waals surface area contributed by atoms with Crippen molar-refractivity contribution in [1.29, 1.82) is 0 Å². The van der Waals surface area contributed by atoms with Crippen LogP contribution in [0.25, 0.3) is 0 Å². The molecular formula is C25H33NO3. The summed E-state index contributed by atoms with van der Waals surface area (Å²) in [5.41, 5.74) is 2.95. The van der Waals surface area contributed by atoms with Crippen molar-refractivity contribution in [2.24, 2.45) is 0 Å². The molecule has 156 valence electrons. The van der Waals surface area contributed by atoms with E-state index in [1.807, 2.05) is 31.2 Å². The maximum absolute atomic E-state index is 12.8. The summed E-state index contributed by atoms with van der Waals surface area (Å²) in [4.78, 5) is 24.6. The molecule has 0 atom stereocenters. The van der Waals surface area contributed by atoms with E-state index >= 15 is 0 Å². The number of hydrogen-bond acceptors (Lipinski definition) is 3. The quantitative estimate of drug-likeness (QED) is 0.334. The van der Waals surface area contributed by atoms with Crippen molar-refractivity contribution in [2.75, 3.05) is 11.9 Å². The zero-order chi connectivity index (χ0) is 20.9. The van der Waals surface area contributed by atoms with Gasteiger partial charge in [0.15, 0.2) is 0 Å². The molecule has 0 aliphatic heterocycles. The van der Waals surface area contributed by atoms with Crippen LogP contribution in [0.3, 0.4) is 0 Å². The van der Waals surface area contributed by atoms with E-state index in [2.05, 4.69) is 12.2 Å². The van der Waals surface area contributed by atoms with Crippen LogP contribution in [0, 0.1) is 0 Å². The molecular weight excluding hydrogens is 362 g/mol. The van der Waals surface area contributed by atoms with Gasteiger partial charge in [-0.25, -0.2) is 4.79 Å². The predicted molar refractivity (Wildman–Crippen MR) is 118 cm³/mol. The Morgan fingerprint density at radius 3 is 2.24 bits per heavy atom. The van der Waals surface area contributed by atoms with Gasteiger partial charge in [0, 0.05) is 11.3 Å². The predicted octanol–water partition coefficient (Wildman–Crippen LogP) is 6.41. The largest absolute Gasteiger partial charge is 0.462 e. The Labute approximate surface area is 174 Å². The molecule has 0 aliphatic carbocycles. The highest BCUT2D eigenvalue weighted by Gasteiger charge is 2.12. The molecule has 0 bridgehead atoms. The molecule has 0 spiro atoms. The molecule has 0 saturated carbocycles. The van der Waals surface area contributed by atoms with Crippen LogP contribution in [0.5, 0.6) is 0 Å². The van der Waals surface area contributed by atoms with E-state index in [1.165, 1.54) is 32.1 Å². The second-order valence-electron chi connectivity index (χ2n) is 7.34. The van der Waals surface area contributed by atoms with Crippen molar-refractivity contribution in [3.05, 3.63) is 65.2 Å². The molecule has 0 aliphatic rings. The molecule has 2 rings (SSSR count). The van der Waals surface area contributed by atoms with Crippen LogP contribution in [0.1, 0.15) is 85.1 Å². The minimum atomic E-state index is -0.339. The third kappa shape index (κ3) is 7.72. The lowest BCUT2D eigenvalue weighted by molar-refractivity contribution is 0.0505. The third-order valence-electron chi connectivity index (χ3n) is 4.88. The first-order valence-electron chi connectivity index (χ1n) is 10.8. The minimum Gasteiger partial charge on any atom is -0.462 e. The van der Waals surface area contributed by atoms with E-state index in [0.29, 0.717) is 23.4 Å². The van der Waals surface area contributed by atoms with Crippen molar-refractivity contribution in [3.63, 3.8) is 0 Å². The number of amides is 1. The maximum Gasteiger partial charge on any atom is 0.338 e. The molecule has 0 fully saturated rings. The van der Waals surface area contributed by atoms with Gasteiger partial charge in [0.25, 0.3) is 5.91 Å². The molecule has 1 amide bonds. The van der Waals surface area contributed by atoms with Gasteiger partial charge in [0.2, 0.25) is 0 Å². The lowest BCUT2D eigenvalue weighted by Crippen LogP contribution is -2.14. The van der Waals surface area contributed by atoms with E-state index in [0.717, 1.165) is 24.8 Å². The third-order valence-corrected chi connectivity index (χ3v) is 4.88. The SMILES string of the molecule is CCCCCCCCc1ccccc1C(=O)Nc1ccc(C(=O)OCCC)cc1. The monoisotopic (exact) mass is 395 g/mol. The van der Waals surface area contributed by atoms with Crippen LogP contribution < -0.4 is 5.32 Å². The first-order chi connectivity index (χ1) is 14.2. The van der Waals surface area contributed by atoms with Crippen LogP contribution >= 0.6 is 0 Å². The van der Waals surface area contributed by atoms with Crippen LogP contribution in [0.15, 0.2) is 48.5 Å². The van der Waals surface area contributed by atoms with Gasteiger partial charge in [-0.2, -0.15) is 0 Å². The number of carbonyl (C=O) groups is 2. The molecule has 4 heteroatoms. The van der Waals surface area contributed by atoms with Crippen LogP contribution in [0.2, 0.25) is 0 Å². The average molecular weight is 396 g/mol. The molecule has 2 aromatic rings. The number of rotatable bonds is 12. The van der Waals surface area contributed by atoms with Gasteiger partial charge in [0.1, 0.15) is 0 Å². The zero-order valence-electron chi connectivity index (χ0n) is 17.7. The normalized spacial score (nSPS) is 10.6. The fraction of sp³-hybridized carbons (Fsp3) is 0.440. The number of esters is 1.